The lowest BCUT2D eigenvalue weighted by Crippen LogP contribution is -2.47. The molecule has 1 saturated heterocycles. The number of aliphatic hydroxyl groups excluding tert-OH is 1. The fourth-order valence-electron chi connectivity index (χ4n) is 3.69. The first-order valence-corrected chi connectivity index (χ1v) is 11.1. The zero-order valence-electron chi connectivity index (χ0n) is 19.0. The molecule has 0 radical (unpaired) electrons. The first-order valence-electron chi connectivity index (χ1n) is 11.1. The SMILES string of the molecule is COc1ccc(CNCCc2cccc(C)n2)c(OCC(O)CN2CCN(C)CC2)c1. The molecule has 1 atom stereocenters. The fraction of sp³-hybridized carbons (Fsp3) is 0.542. The molecule has 1 fully saturated rings. The first-order chi connectivity index (χ1) is 15.0. The van der Waals surface area contributed by atoms with Crippen LogP contribution in [0.4, 0.5) is 0 Å². The Hall–Kier alpha value is -2.19. The molecule has 170 valence electrons. The largest absolute Gasteiger partial charge is 0.497 e. The van der Waals surface area contributed by atoms with Crippen LogP contribution in [0.2, 0.25) is 0 Å². The molecular formula is C24H36N4O3. The lowest BCUT2D eigenvalue weighted by atomic mass is 10.1. The number of likely N-dealkylation sites (N-methyl/N-ethyl adjacent to an activating group) is 1. The van der Waals surface area contributed by atoms with Gasteiger partial charge in [-0.1, -0.05) is 12.1 Å². The van der Waals surface area contributed by atoms with Crippen LogP contribution in [0.1, 0.15) is 17.0 Å². The summed E-state index contributed by atoms with van der Waals surface area (Å²) in [5.74, 6) is 1.49. The Bertz CT molecular complexity index is 809. The number of piperazine rings is 1. The minimum atomic E-state index is -0.525. The minimum Gasteiger partial charge on any atom is -0.497 e. The predicted octanol–water partition coefficient (Wildman–Crippen LogP) is 1.72. The van der Waals surface area contributed by atoms with E-state index in [1.54, 1.807) is 7.11 Å². The molecule has 1 aliphatic rings. The van der Waals surface area contributed by atoms with E-state index in [2.05, 4.69) is 33.2 Å². The number of ether oxygens (including phenoxy) is 2. The average Bonchev–Trinajstić information content (AvgIpc) is 2.77. The van der Waals surface area contributed by atoms with Crippen molar-refractivity contribution in [2.24, 2.45) is 0 Å². The molecule has 0 spiro atoms. The van der Waals surface area contributed by atoms with Gasteiger partial charge >= 0.3 is 0 Å². The van der Waals surface area contributed by atoms with Crippen molar-refractivity contribution < 1.29 is 14.6 Å². The monoisotopic (exact) mass is 428 g/mol. The van der Waals surface area contributed by atoms with Gasteiger partial charge in [-0.05, 0) is 32.2 Å². The van der Waals surface area contributed by atoms with E-state index in [1.807, 2.05) is 37.3 Å². The van der Waals surface area contributed by atoms with Crippen LogP contribution >= 0.6 is 0 Å². The molecule has 1 aromatic carbocycles. The lowest BCUT2D eigenvalue weighted by molar-refractivity contribution is 0.0501. The quantitative estimate of drug-likeness (QED) is 0.528. The van der Waals surface area contributed by atoms with Crippen LogP contribution in [0, 0.1) is 6.92 Å². The molecule has 0 saturated carbocycles. The third-order valence-corrected chi connectivity index (χ3v) is 5.59. The molecule has 1 unspecified atom stereocenters. The Morgan fingerprint density at radius 3 is 2.71 bits per heavy atom. The van der Waals surface area contributed by atoms with Crippen molar-refractivity contribution in [1.29, 1.82) is 0 Å². The number of pyridine rings is 1. The number of hydrogen-bond donors (Lipinski definition) is 2. The average molecular weight is 429 g/mol. The zero-order valence-corrected chi connectivity index (χ0v) is 19.0. The number of hydrogen-bond acceptors (Lipinski definition) is 7. The Morgan fingerprint density at radius 2 is 1.97 bits per heavy atom. The molecule has 0 aliphatic carbocycles. The van der Waals surface area contributed by atoms with Crippen LogP contribution in [0.5, 0.6) is 11.5 Å². The van der Waals surface area contributed by atoms with E-state index in [4.69, 9.17) is 9.47 Å². The Morgan fingerprint density at radius 1 is 1.16 bits per heavy atom. The highest BCUT2D eigenvalue weighted by atomic mass is 16.5. The van der Waals surface area contributed by atoms with Crippen molar-refractivity contribution >= 4 is 0 Å². The number of aliphatic hydroxyl groups is 1. The highest BCUT2D eigenvalue weighted by molar-refractivity contribution is 5.40. The van der Waals surface area contributed by atoms with Crippen LogP contribution in [-0.4, -0.2) is 86.0 Å². The summed E-state index contributed by atoms with van der Waals surface area (Å²) in [6.45, 7) is 8.46. The van der Waals surface area contributed by atoms with E-state index in [9.17, 15) is 5.11 Å². The highest BCUT2D eigenvalue weighted by Gasteiger charge is 2.18. The molecule has 1 aromatic heterocycles. The Kier molecular flexibility index (Phi) is 9.09. The molecule has 0 amide bonds. The number of β-amino-alcohol motifs (C(OH)–C–C–N with tert-alkyl or cyclic N) is 1. The number of nitrogens with one attached hydrogen (secondary N) is 1. The topological polar surface area (TPSA) is 70.1 Å². The van der Waals surface area contributed by atoms with Gasteiger partial charge in [0.15, 0.2) is 0 Å². The molecule has 31 heavy (non-hydrogen) atoms. The van der Waals surface area contributed by atoms with Gasteiger partial charge in [-0.25, -0.2) is 0 Å². The van der Waals surface area contributed by atoms with Crippen molar-refractivity contribution in [3.8, 4) is 11.5 Å². The normalized spacial score (nSPS) is 16.3. The van der Waals surface area contributed by atoms with E-state index < -0.39 is 6.10 Å². The van der Waals surface area contributed by atoms with Gasteiger partial charge in [0.05, 0.1) is 7.11 Å². The second-order valence-corrected chi connectivity index (χ2v) is 8.24. The highest BCUT2D eigenvalue weighted by Crippen LogP contribution is 2.25. The minimum absolute atomic E-state index is 0.264. The molecule has 7 nitrogen and oxygen atoms in total. The first kappa shape index (κ1) is 23.5. The molecule has 7 heteroatoms. The zero-order chi connectivity index (χ0) is 22.1. The third-order valence-electron chi connectivity index (χ3n) is 5.59. The van der Waals surface area contributed by atoms with Crippen LogP contribution in [0.3, 0.4) is 0 Å². The maximum atomic E-state index is 10.5. The van der Waals surface area contributed by atoms with Gasteiger partial charge in [0.2, 0.25) is 0 Å². The van der Waals surface area contributed by atoms with E-state index in [0.29, 0.717) is 13.1 Å². The predicted molar refractivity (Wildman–Crippen MR) is 123 cm³/mol. The number of methoxy groups -OCH3 is 1. The van der Waals surface area contributed by atoms with Crippen LogP contribution in [0.15, 0.2) is 36.4 Å². The van der Waals surface area contributed by atoms with Gasteiger partial charge in [-0.2, -0.15) is 0 Å². The second kappa shape index (κ2) is 12.0. The number of rotatable bonds is 11. The summed E-state index contributed by atoms with van der Waals surface area (Å²) < 4.78 is 11.4. The van der Waals surface area contributed by atoms with E-state index in [-0.39, 0.29) is 6.61 Å². The third kappa shape index (κ3) is 7.78. The van der Waals surface area contributed by atoms with Crippen molar-refractivity contribution in [3.63, 3.8) is 0 Å². The number of aryl methyl sites for hydroxylation is 1. The summed E-state index contributed by atoms with van der Waals surface area (Å²) in [7, 11) is 3.78. The van der Waals surface area contributed by atoms with Crippen LogP contribution in [-0.2, 0) is 13.0 Å². The van der Waals surface area contributed by atoms with Gasteiger partial charge < -0.3 is 24.8 Å². The molecular weight excluding hydrogens is 392 g/mol. The smallest absolute Gasteiger partial charge is 0.127 e. The number of benzene rings is 1. The van der Waals surface area contributed by atoms with Crippen molar-refractivity contribution in [2.45, 2.75) is 26.0 Å². The number of nitrogens with zero attached hydrogens (tertiary/aromatic N) is 3. The van der Waals surface area contributed by atoms with Crippen LogP contribution in [0.25, 0.3) is 0 Å². The summed E-state index contributed by atoms with van der Waals surface area (Å²) in [4.78, 5) is 9.15. The molecule has 2 aromatic rings. The standard InChI is InChI=1S/C24H36N4O3/c1-19-5-4-6-21(26-19)9-10-25-16-20-7-8-23(30-3)15-24(20)31-18-22(29)17-28-13-11-27(2)12-14-28/h4-8,15,22,25,29H,9-14,16-18H2,1-3H3. The molecule has 0 bridgehead atoms. The van der Waals surface area contributed by atoms with E-state index in [0.717, 1.165) is 67.6 Å². The summed E-state index contributed by atoms with van der Waals surface area (Å²) in [5, 5.41) is 13.9. The Balaban J connectivity index is 1.49. The van der Waals surface area contributed by atoms with E-state index in [1.165, 1.54) is 0 Å². The summed E-state index contributed by atoms with van der Waals surface area (Å²) in [6.07, 6.45) is 0.348. The Labute approximate surface area is 186 Å². The van der Waals surface area contributed by atoms with Gasteiger partial charge in [-0.3, -0.25) is 9.88 Å². The van der Waals surface area contributed by atoms with Gasteiger partial charge in [-0.15, -0.1) is 0 Å². The molecule has 1 aliphatic heterocycles. The maximum Gasteiger partial charge on any atom is 0.127 e. The van der Waals surface area contributed by atoms with Crippen molar-refractivity contribution in [3.05, 3.63) is 53.3 Å². The lowest BCUT2D eigenvalue weighted by Gasteiger charge is -2.33. The van der Waals surface area contributed by atoms with Crippen molar-refractivity contribution in [1.82, 2.24) is 20.1 Å². The van der Waals surface area contributed by atoms with Gasteiger partial charge in [0, 0.05) is 75.3 Å². The molecule has 2 heterocycles. The fourth-order valence-corrected chi connectivity index (χ4v) is 3.69. The van der Waals surface area contributed by atoms with E-state index >= 15 is 0 Å². The second-order valence-electron chi connectivity index (χ2n) is 8.24. The van der Waals surface area contributed by atoms with Gasteiger partial charge in [0.25, 0.3) is 0 Å². The summed E-state index contributed by atoms with van der Waals surface area (Å²) in [6, 6.07) is 11.9. The van der Waals surface area contributed by atoms with Crippen LogP contribution < -0.4 is 14.8 Å². The summed E-state index contributed by atoms with van der Waals surface area (Å²) in [5.41, 5.74) is 3.18. The number of aromatic nitrogens is 1. The maximum absolute atomic E-state index is 10.5. The molecule has 3 rings (SSSR count). The molecule has 2 N–H and O–H groups in total. The van der Waals surface area contributed by atoms with Crippen molar-refractivity contribution in [2.75, 3.05) is 60.0 Å². The summed E-state index contributed by atoms with van der Waals surface area (Å²) >= 11 is 0. The van der Waals surface area contributed by atoms with Gasteiger partial charge in [0.1, 0.15) is 24.2 Å².